The fourth-order valence-electron chi connectivity index (χ4n) is 3.29. The zero-order valence-corrected chi connectivity index (χ0v) is 15.8. The van der Waals surface area contributed by atoms with Crippen LogP contribution < -0.4 is 4.74 Å². The zero-order chi connectivity index (χ0) is 20.1. The summed E-state index contributed by atoms with van der Waals surface area (Å²) >= 11 is 0. The molecule has 0 aliphatic heterocycles. The van der Waals surface area contributed by atoms with E-state index in [0.717, 1.165) is 16.9 Å². The van der Waals surface area contributed by atoms with Crippen molar-refractivity contribution in [2.45, 2.75) is 6.61 Å². The Bertz CT molecular complexity index is 1150. The molecular weight excluding hydrogens is 360 g/mol. The van der Waals surface area contributed by atoms with E-state index in [4.69, 9.17) is 4.74 Å². The minimum absolute atomic E-state index is 0.259. The molecule has 0 aromatic heterocycles. The average molecular weight is 380 g/mol. The second-order valence-electron chi connectivity index (χ2n) is 6.73. The Balaban J connectivity index is 1.51. The monoisotopic (exact) mass is 380 g/mol. The normalized spacial score (nSPS) is 11.4. The van der Waals surface area contributed by atoms with Gasteiger partial charge in [0.05, 0.1) is 5.57 Å². The summed E-state index contributed by atoms with van der Waals surface area (Å²) in [5.74, 6) is -0.209. The highest BCUT2D eigenvalue weighted by atomic mass is 16.5. The molecule has 0 bridgehead atoms. The van der Waals surface area contributed by atoms with Gasteiger partial charge in [-0.15, -0.1) is 0 Å². The van der Waals surface area contributed by atoms with Crippen LogP contribution in [0.25, 0.3) is 22.4 Å². The molecule has 0 spiro atoms. The van der Waals surface area contributed by atoms with Crippen LogP contribution in [0.15, 0.2) is 97.1 Å². The van der Waals surface area contributed by atoms with Crippen molar-refractivity contribution in [1.29, 1.82) is 0 Å². The SMILES string of the molecule is O=C(O)/C(=C\c1ccc(OCc2cccc3ccccc23)cc1)c1ccccc1. The molecule has 1 N–H and O–H groups in total. The van der Waals surface area contributed by atoms with E-state index in [0.29, 0.717) is 12.2 Å². The van der Waals surface area contributed by atoms with Gasteiger partial charge in [0.15, 0.2) is 0 Å². The number of carboxylic acids is 1. The Labute approximate surface area is 169 Å². The van der Waals surface area contributed by atoms with Crippen molar-refractivity contribution >= 4 is 28.4 Å². The molecule has 3 nitrogen and oxygen atoms in total. The minimum Gasteiger partial charge on any atom is -0.489 e. The van der Waals surface area contributed by atoms with Crippen molar-refractivity contribution in [3.8, 4) is 5.75 Å². The summed E-state index contributed by atoms with van der Waals surface area (Å²) in [6.45, 7) is 0.473. The van der Waals surface area contributed by atoms with Gasteiger partial charge in [0.2, 0.25) is 0 Å². The topological polar surface area (TPSA) is 46.5 Å². The van der Waals surface area contributed by atoms with Gasteiger partial charge in [0, 0.05) is 0 Å². The number of fused-ring (bicyclic) bond motifs is 1. The van der Waals surface area contributed by atoms with Crippen molar-refractivity contribution in [2.75, 3.05) is 0 Å². The van der Waals surface area contributed by atoms with Crippen molar-refractivity contribution in [2.24, 2.45) is 0 Å². The van der Waals surface area contributed by atoms with Crippen LogP contribution in [0.3, 0.4) is 0 Å². The highest BCUT2D eigenvalue weighted by molar-refractivity contribution is 6.20. The average Bonchev–Trinajstić information content (AvgIpc) is 2.77. The van der Waals surface area contributed by atoms with E-state index in [9.17, 15) is 9.90 Å². The first-order chi connectivity index (χ1) is 14.2. The molecule has 0 saturated heterocycles. The van der Waals surface area contributed by atoms with Crippen molar-refractivity contribution in [1.82, 2.24) is 0 Å². The first-order valence-electron chi connectivity index (χ1n) is 9.40. The molecule has 0 fully saturated rings. The Kier molecular flexibility index (Phi) is 5.39. The number of carboxylic acid groups (broad SMARTS) is 1. The summed E-state index contributed by atoms with van der Waals surface area (Å²) in [7, 11) is 0. The van der Waals surface area contributed by atoms with Gasteiger partial charge in [-0.25, -0.2) is 4.79 Å². The maximum atomic E-state index is 11.6. The lowest BCUT2D eigenvalue weighted by Crippen LogP contribution is -1.99. The van der Waals surface area contributed by atoms with Gasteiger partial charge in [-0.3, -0.25) is 0 Å². The van der Waals surface area contributed by atoms with Crippen LogP contribution in [0.4, 0.5) is 0 Å². The van der Waals surface area contributed by atoms with Crippen LogP contribution in [0, 0.1) is 0 Å². The predicted octanol–water partition coefficient (Wildman–Crippen LogP) is 6.04. The molecule has 0 unspecified atom stereocenters. The predicted molar refractivity (Wildman–Crippen MR) is 117 cm³/mol. The van der Waals surface area contributed by atoms with Crippen LogP contribution in [0.1, 0.15) is 16.7 Å². The van der Waals surface area contributed by atoms with Gasteiger partial charge >= 0.3 is 5.97 Å². The third-order valence-corrected chi connectivity index (χ3v) is 4.78. The number of rotatable bonds is 6. The van der Waals surface area contributed by atoms with Gasteiger partial charge in [-0.1, -0.05) is 84.9 Å². The highest BCUT2D eigenvalue weighted by Gasteiger charge is 2.10. The van der Waals surface area contributed by atoms with E-state index in [1.54, 1.807) is 18.2 Å². The van der Waals surface area contributed by atoms with Crippen molar-refractivity contribution < 1.29 is 14.6 Å². The number of ether oxygens (including phenoxy) is 1. The van der Waals surface area contributed by atoms with Crippen LogP contribution in [-0.4, -0.2) is 11.1 Å². The van der Waals surface area contributed by atoms with E-state index in [2.05, 4.69) is 24.3 Å². The molecule has 0 saturated carbocycles. The smallest absolute Gasteiger partial charge is 0.336 e. The summed E-state index contributed by atoms with van der Waals surface area (Å²) in [6, 6.07) is 31.0. The summed E-state index contributed by atoms with van der Waals surface area (Å²) < 4.78 is 5.96. The second kappa shape index (κ2) is 8.44. The van der Waals surface area contributed by atoms with E-state index >= 15 is 0 Å². The van der Waals surface area contributed by atoms with E-state index in [-0.39, 0.29) is 5.57 Å². The van der Waals surface area contributed by atoms with Gasteiger partial charge in [-0.05, 0) is 45.7 Å². The standard InChI is InChI=1S/C26H20O3/c27-26(28)25(21-7-2-1-3-8-21)17-19-13-15-23(16-14-19)29-18-22-11-6-10-20-9-4-5-12-24(20)22/h1-17H,18H2,(H,27,28)/b25-17-. The van der Waals surface area contributed by atoms with Gasteiger partial charge in [0.25, 0.3) is 0 Å². The first kappa shape index (κ1) is 18.5. The number of aliphatic carboxylic acids is 1. The Morgan fingerprint density at radius 3 is 2.24 bits per heavy atom. The van der Waals surface area contributed by atoms with Crippen LogP contribution in [-0.2, 0) is 11.4 Å². The number of hydrogen-bond donors (Lipinski definition) is 1. The third-order valence-electron chi connectivity index (χ3n) is 4.78. The molecule has 4 aromatic carbocycles. The molecule has 0 aliphatic rings. The summed E-state index contributed by atoms with van der Waals surface area (Å²) in [6.07, 6.45) is 1.67. The molecule has 4 rings (SSSR count). The first-order valence-corrected chi connectivity index (χ1v) is 9.40. The lowest BCUT2D eigenvalue weighted by molar-refractivity contribution is -0.130. The van der Waals surface area contributed by atoms with Crippen molar-refractivity contribution in [3.63, 3.8) is 0 Å². The summed E-state index contributed by atoms with van der Waals surface area (Å²) in [5.41, 5.74) is 2.87. The zero-order valence-electron chi connectivity index (χ0n) is 15.8. The van der Waals surface area contributed by atoms with Crippen LogP contribution >= 0.6 is 0 Å². The third kappa shape index (κ3) is 4.36. The van der Waals surface area contributed by atoms with Crippen LogP contribution in [0.5, 0.6) is 5.75 Å². The lowest BCUT2D eigenvalue weighted by Gasteiger charge is -2.09. The number of hydrogen-bond acceptors (Lipinski definition) is 2. The lowest BCUT2D eigenvalue weighted by atomic mass is 10.0. The minimum atomic E-state index is -0.951. The molecule has 0 atom stereocenters. The molecule has 0 heterocycles. The fourth-order valence-corrected chi connectivity index (χ4v) is 3.29. The largest absolute Gasteiger partial charge is 0.489 e. The maximum absolute atomic E-state index is 11.6. The molecule has 142 valence electrons. The molecule has 0 amide bonds. The number of benzene rings is 4. The summed E-state index contributed by atoms with van der Waals surface area (Å²) in [5, 5.41) is 11.9. The van der Waals surface area contributed by atoms with Gasteiger partial charge in [-0.2, -0.15) is 0 Å². The Hall–Kier alpha value is -3.85. The number of carbonyl (C=O) groups is 1. The molecule has 29 heavy (non-hydrogen) atoms. The quantitative estimate of drug-likeness (QED) is 0.327. The van der Waals surface area contributed by atoms with E-state index in [1.807, 2.05) is 60.7 Å². The van der Waals surface area contributed by atoms with Crippen LogP contribution in [0.2, 0.25) is 0 Å². The Morgan fingerprint density at radius 2 is 1.48 bits per heavy atom. The molecule has 3 heteroatoms. The van der Waals surface area contributed by atoms with Crippen molar-refractivity contribution in [3.05, 3.63) is 114 Å². The maximum Gasteiger partial charge on any atom is 0.336 e. The highest BCUT2D eigenvalue weighted by Crippen LogP contribution is 2.23. The van der Waals surface area contributed by atoms with Gasteiger partial charge < -0.3 is 9.84 Å². The fraction of sp³-hybridized carbons (Fsp3) is 0.0385. The van der Waals surface area contributed by atoms with Gasteiger partial charge in [0.1, 0.15) is 12.4 Å². The van der Waals surface area contributed by atoms with E-state index < -0.39 is 5.97 Å². The molecule has 0 aliphatic carbocycles. The second-order valence-corrected chi connectivity index (χ2v) is 6.73. The van der Waals surface area contributed by atoms with E-state index in [1.165, 1.54) is 10.8 Å². The summed E-state index contributed by atoms with van der Waals surface area (Å²) in [4.78, 5) is 11.6. The molecule has 4 aromatic rings. The Morgan fingerprint density at radius 1 is 0.793 bits per heavy atom. The molecular formula is C26H20O3. The molecule has 0 radical (unpaired) electrons.